The number of aryl methyl sites for hydroxylation is 2. The maximum absolute atomic E-state index is 12.9. The molecule has 0 unspecified atom stereocenters. The number of nitrogens with one attached hydrogen (secondary N) is 1. The van der Waals surface area contributed by atoms with Gasteiger partial charge in [0.2, 0.25) is 10.0 Å². The van der Waals surface area contributed by atoms with Gasteiger partial charge >= 0.3 is 0 Å². The number of aromatic nitrogens is 1. The minimum atomic E-state index is -3.54. The molecule has 1 aromatic heterocycles. The second-order valence-corrected chi connectivity index (χ2v) is 10.4. The number of thiazole rings is 1. The van der Waals surface area contributed by atoms with Gasteiger partial charge in [-0.25, -0.2) is 13.4 Å². The monoisotopic (exact) mass is 421 g/mol. The number of ether oxygens (including phenoxy) is 1. The molecular weight excluding hydrogens is 398 g/mol. The van der Waals surface area contributed by atoms with E-state index in [2.05, 4.69) is 10.3 Å². The summed E-state index contributed by atoms with van der Waals surface area (Å²) >= 11 is 1.44. The van der Waals surface area contributed by atoms with E-state index in [1.165, 1.54) is 15.6 Å². The van der Waals surface area contributed by atoms with E-state index < -0.39 is 10.0 Å². The molecule has 0 radical (unpaired) electrons. The third kappa shape index (κ3) is 3.71. The molecule has 9 heteroatoms. The van der Waals surface area contributed by atoms with Gasteiger partial charge in [-0.05, 0) is 26.0 Å². The van der Waals surface area contributed by atoms with E-state index in [-0.39, 0.29) is 23.8 Å². The Morgan fingerprint density at radius 1 is 1.29 bits per heavy atom. The van der Waals surface area contributed by atoms with Crippen LogP contribution in [0.1, 0.15) is 21.1 Å². The molecule has 0 saturated carbocycles. The average Bonchev–Trinajstić information content (AvgIpc) is 3.36. The zero-order valence-electron chi connectivity index (χ0n) is 15.8. The summed E-state index contributed by atoms with van der Waals surface area (Å²) in [5.74, 6) is -0.0282. The molecule has 3 atom stereocenters. The quantitative estimate of drug-likeness (QED) is 0.796. The maximum Gasteiger partial charge on any atom is 0.270 e. The predicted octanol–water partition coefficient (Wildman–Crippen LogP) is 1.83. The standard InChI is InChI=1S/C19H23N3O4S2/c1-12-3-5-15(6-4-12)28(24,25)22-8-16-14(10-26-18(16)9-22)7-20-19(23)17-11-27-13(2)21-17/h3-6,11,14,16,18H,7-10H2,1-2H3,(H,20,23)/t14-,16+,18+/m0/s1. The second kappa shape index (κ2) is 7.55. The van der Waals surface area contributed by atoms with Crippen LogP contribution in [0, 0.1) is 25.7 Å². The Morgan fingerprint density at radius 3 is 2.71 bits per heavy atom. The van der Waals surface area contributed by atoms with E-state index >= 15 is 0 Å². The van der Waals surface area contributed by atoms with Crippen LogP contribution in [0.3, 0.4) is 0 Å². The van der Waals surface area contributed by atoms with Crippen molar-refractivity contribution in [2.24, 2.45) is 11.8 Å². The topological polar surface area (TPSA) is 88.6 Å². The first-order chi connectivity index (χ1) is 13.3. The number of benzene rings is 1. The van der Waals surface area contributed by atoms with Crippen LogP contribution < -0.4 is 5.32 Å². The largest absolute Gasteiger partial charge is 0.376 e. The number of carbonyl (C=O) groups excluding carboxylic acids is 1. The number of carbonyl (C=O) groups is 1. The van der Waals surface area contributed by atoms with Gasteiger partial charge in [0, 0.05) is 36.9 Å². The fourth-order valence-corrected chi connectivity index (χ4v) is 5.89. The minimum Gasteiger partial charge on any atom is -0.376 e. The van der Waals surface area contributed by atoms with Crippen LogP contribution >= 0.6 is 11.3 Å². The van der Waals surface area contributed by atoms with Crippen molar-refractivity contribution in [3.05, 3.63) is 45.9 Å². The zero-order valence-corrected chi connectivity index (χ0v) is 17.4. The molecule has 0 aliphatic carbocycles. The molecule has 2 saturated heterocycles. The van der Waals surface area contributed by atoms with Crippen LogP contribution in [0.4, 0.5) is 0 Å². The van der Waals surface area contributed by atoms with Gasteiger partial charge in [-0.2, -0.15) is 4.31 Å². The number of sulfonamides is 1. The summed E-state index contributed by atoms with van der Waals surface area (Å²) in [6.07, 6.45) is -0.122. The number of fused-ring (bicyclic) bond motifs is 1. The van der Waals surface area contributed by atoms with Gasteiger partial charge in [0.15, 0.2) is 0 Å². The first-order valence-corrected chi connectivity index (χ1v) is 11.6. The fraction of sp³-hybridized carbons (Fsp3) is 0.474. The van der Waals surface area contributed by atoms with Crippen molar-refractivity contribution in [2.45, 2.75) is 24.8 Å². The lowest BCUT2D eigenvalue weighted by molar-refractivity contribution is 0.0928. The lowest BCUT2D eigenvalue weighted by atomic mass is 9.93. The summed E-state index contributed by atoms with van der Waals surface area (Å²) in [5, 5.41) is 5.50. The van der Waals surface area contributed by atoms with Crippen molar-refractivity contribution in [1.29, 1.82) is 0 Å². The molecule has 7 nitrogen and oxygen atoms in total. The zero-order chi connectivity index (χ0) is 19.9. The molecule has 2 fully saturated rings. The smallest absolute Gasteiger partial charge is 0.270 e. The van der Waals surface area contributed by atoms with Gasteiger partial charge < -0.3 is 10.1 Å². The van der Waals surface area contributed by atoms with Crippen LogP contribution in [0.5, 0.6) is 0 Å². The lowest BCUT2D eigenvalue weighted by Crippen LogP contribution is -2.35. The molecule has 0 spiro atoms. The number of hydrogen-bond donors (Lipinski definition) is 1. The van der Waals surface area contributed by atoms with Crippen molar-refractivity contribution in [3.63, 3.8) is 0 Å². The van der Waals surface area contributed by atoms with Gasteiger partial charge in [0.05, 0.1) is 22.6 Å². The Bertz CT molecular complexity index is 971. The highest BCUT2D eigenvalue weighted by Gasteiger charge is 2.47. The SMILES string of the molecule is Cc1ccc(S(=O)(=O)N2C[C@@H]3[C@@H](CNC(=O)c4csc(C)n4)CO[C@@H]3C2)cc1. The third-order valence-corrected chi connectivity index (χ3v) is 8.06. The van der Waals surface area contributed by atoms with Crippen LogP contribution in [-0.2, 0) is 14.8 Å². The molecule has 2 aliphatic heterocycles. The van der Waals surface area contributed by atoms with Gasteiger partial charge in [-0.1, -0.05) is 17.7 Å². The summed E-state index contributed by atoms with van der Waals surface area (Å²) in [5.41, 5.74) is 1.44. The minimum absolute atomic E-state index is 0.0812. The van der Waals surface area contributed by atoms with Crippen molar-refractivity contribution in [1.82, 2.24) is 14.6 Å². The normalized spacial score (nSPS) is 25.0. The van der Waals surface area contributed by atoms with E-state index in [1.807, 2.05) is 13.8 Å². The Kier molecular flexibility index (Phi) is 5.26. The van der Waals surface area contributed by atoms with E-state index in [0.29, 0.717) is 36.8 Å². The number of nitrogens with zero attached hydrogens (tertiary/aromatic N) is 2. The molecule has 28 heavy (non-hydrogen) atoms. The highest BCUT2D eigenvalue weighted by Crippen LogP contribution is 2.36. The molecule has 0 bridgehead atoms. The van der Waals surface area contributed by atoms with Gasteiger partial charge in [0.1, 0.15) is 5.69 Å². The molecule has 2 aliphatic rings. The van der Waals surface area contributed by atoms with E-state index in [4.69, 9.17) is 4.74 Å². The van der Waals surface area contributed by atoms with E-state index in [0.717, 1.165) is 10.6 Å². The van der Waals surface area contributed by atoms with Crippen LogP contribution in [0.2, 0.25) is 0 Å². The predicted molar refractivity (Wildman–Crippen MR) is 106 cm³/mol. The molecule has 1 aromatic carbocycles. The fourth-order valence-electron chi connectivity index (χ4n) is 3.81. The van der Waals surface area contributed by atoms with Crippen LogP contribution in [0.25, 0.3) is 0 Å². The highest BCUT2D eigenvalue weighted by atomic mass is 32.2. The van der Waals surface area contributed by atoms with Crippen LogP contribution in [0.15, 0.2) is 34.5 Å². The van der Waals surface area contributed by atoms with E-state index in [9.17, 15) is 13.2 Å². The van der Waals surface area contributed by atoms with E-state index in [1.54, 1.807) is 29.6 Å². The summed E-state index contributed by atoms with van der Waals surface area (Å²) in [6.45, 7) is 5.54. The van der Waals surface area contributed by atoms with Gasteiger partial charge in [-0.3, -0.25) is 4.79 Å². The van der Waals surface area contributed by atoms with Gasteiger partial charge in [0.25, 0.3) is 5.91 Å². The molecule has 2 aromatic rings. The Hall–Kier alpha value is -1.81. The highest BCUT2D eigenvalue weighted by molar-refractivity contribution is 7.89. The first-order valence-electron chi connectivity index (χ1n) is 9.23. The number of amides is 1. The molecule has 1 amide bonds. The Balaban J connectivity index is 1.40. The molecule has 1 N–H and O–H groups in total. The van der Waals surface area contributed by atoms with Crippen molar-refractivity contribution in [2.75, 3.05) is 26.2 Å². The lowest BCUT2D eigenvalue weighted by Gasteiger charge is -2.20. The molecule has 3 heterocycles. The van der Waals surface area contributed by atoms with Crippen LogP contribution in [-0.4, -0.2) is 56.0 Å². The average molecular weight is 422 g/mol. The second-order valence-electron chi connectivity index (χ2n) is 7.39. The van der Waals surface area contributed by atoms with Crippen molar-refractivity contribution in [3.8, 4) is 0 Å². The van der Waals surface area contributed by atoms with Gasteiger partial charge in [-0.15, -0.1) is 11.3 Å². The molecule has 150 valence electrons. The summed E-state index contributed by atoms with van der Waals surface area (Å²) in [4.78, 5) is 16.7. The van der Waals surface area contributed by atoms with Crippen molar-refractivity contribution < 1.29 is 17.9 Å². The Labute approximate surface area is 168 Å². The first kappa shape index (κ1) is 19.5. The third-order valence-electron chi connectivity index (χ3n) is 5.44. The molecular formula is C19H23N3O4S2. The molecule has 4 rings (SSSR count). The number of rotatable bonds is 5. The summed E-state index contributed by atoms with van der Waals surface area (Å²) in [6, 6.07) is 6.90. The number of hydrogen-bond acceptors (Lipinski definition) is 6. The van der Waals surface area contributed by atoms with Crippen molar-refractivity contribution >= 4 is 27.3 Å². The Morgan fingerprint density at radius 2 is 2.04 bits per heavy atom. The summed E-state index contributed by atoms with van der Waals surface area (Å²) < 4.78 is 33.2. The maximum atomic E-state index is 12.9. The summed E-state index contributed by atoms with van der Waals surface area (Å²) in [7, 11) is -3.54.